The summed E-state index contributed by atoms with van der Waals surface area (Å²) >= 11 is 0. The van der Waals surface area contributed by atoms with Gasteiger partial charge < -0.3 is 10.1 Å². The van der Waals surface area contributed by atoms with Crippen LogP contribution in [0.2, 0.25) is 0 Å². The molecular weight excluding hydrogens is 342 g/mol. The molecule has 0 unspecified atom stereocenters. The number of carbonyl (C=O) groups is 1. The Morgan fingerprint density at radius 2 is 2.26 bits per heavy atom. The Hall–Kier alpha value is -2.25. The molecule has 144 valence electrons. The second-order valence-corrected chi connectivity index (χ2v) is 7.61. The second-order valence-electron chi connectivity index (χ2n) is 7.61. The lowest BCUT2D eigenvalue weighted by molar-refractivity contribution is -0.119. The molecule has 0 spiro atoms. The Bertz CT molecular complexity index is 763. The Morgan fingerprint density at radius 1 is 1.33 bits per heavy atom. The van der Waals surface area contributed by atoms with Crippen LogP contribution in [0.3, 0.4) is 0 Å². The van der Waals surface area contributed by atoms with Crippen LogP contribution in [0.1, 0.15) is 18.9 Å². The average molecular weight is 369 g/mol. The number of pyridine rings is 1. The van der Waals surface area contributed by atoms with Gasteiger partial charge in [-0.15, -0.1) is 0 Å². The van der Waals surface area contributed by atoms with Gasteiger partial charge >= 0.3 is 0 Å². The van der Waals surface area contributed by atoms with Crippen molar-refractivity contribution in [1.82, 2.24) is 19.7 Å². The average Bonchev–Trinajstić information content (AvgIpc) is 3.29. The van der Waals surface area contributed by atoms with Gasteiger partial charge in [-0.25, -0.2) is 0 Å². The minimum Gasteiger partial charge on any atom is -0.381 e. The van der Waals surface area contributed by atoms with Crippen molar-refractivity contribution < 1.29 is 9.53 Å². The maximum absolute atomic E-state index is 12.5. The van der Waals surface area contributed by atoms with Crippen molar-refractivity contribution in [2.24, 2.45) is 17.8 Å². The number of ether oxygens (including phenoxy) is 1. The van der Waals surface area contributed by atoms with Crippen molar-refractivity contribution in [2.75, 3.05) is 31.6 Å². The Balaban J connectivity index is 1.34. The van der Waals surface area contributed by atoms with E-state index < -0.39 is 0 Å². The Kier molecular flexibility index (Phi) is 5.50. The molecule has 2 aromatic heterocycles. The monoisotopic (exact) mass is 369 g/mol. The molecule has 0 aliphatic carbocycles. The molecule has 4 heterocycles. The zero-order valence-corrected chi connectivity index (χ0v) is 15.8. The standard InChI is InChI=1S/C20H27N5O2/c1-2-25-10-15(7-22-25)9-24-11-17-14-27-13-16(19(17)12-24)6-20(26)23-18-4-3-5-21-8-18/h3-5,7-8,10,16-17,19H,2,6,9,11-14H2,1H3,(H,23,26)/t16-,17-,19+/m1/s1. The van der Waals surface area contributed by atoms with E-state index in [1.165, 1.54) is 5.56 Å². The molecule has 0 aromatic carbocycles. The van der Waals surface area contributed by atoms with Gasteiger partial charge in [0.25, 0.3) is 0 Å². The summed E-state index contributed by atoms with van der Waals surface area (Å²) in [6.07, 6.45) is 7.95. The number of anilines is 1. The van der Waals surface area contributed by atoms with E-state index in [0.29, 0.717) is 24.9 Å². The van der Waals surface area contributed by atoms with Gasteiger partial charge in [0.15, 0.2) is 0 Å². The molecule has 1 N–H and O–H groups in total. The number of rotatable bonds is 6. The summed E-state index contributed by atoms with van der Waals surface area (Å²) in [7, 11) is 0. The van der Waals surface area contributed by atoms with Crippen molar-refractivity contribution in [3.8, 4) is 0 Å². The highest BCUT2D eigenvalue weighted by Gasteiger charge is 2.41. The van der Waals surface area contributed by atoms with Crippen molar-refractivity contribution in [3.05, 3.63) is 42.5 Å². The molecule has 2 aromatic rings. The number of aryl methyl sites for hydroxylation is 1. The number of hydrogen-bond donors (Lipinski definition) is 1. The molecule has 0 bridgehead atoms. The van der Waals surface area contributed by atoms with Crippen LogP contribution in [0.25, 0.3) is 0 Å². The van der Waals surface area contributed by atoms with Gasteiger partial charge in [0, 0.05) is 50.6 Å². The van der Waals surface area contributed by atoms with E-state index in [1.807, 2.05) is 23.0 Å². The van der Waals surface area contributed by atoms with E-state index in [4.69, 9.17) is 4.74 Å². The fraction of sp³-hybridized carbons (Fsp3) is 0.550. The molecule has 3 atom stereocenters. The maximum atomic E-state index is 12.5. The minimum atomic E-state index is 0.0416. The number of likely N-dealkylation sites (tertiary alicyclic amines) is 1. The molecule has 7 nitrogen and oxygen atoms in total. The van der Waals surface area contributed by atoms with Crippen LogP contribution in [0.5, 0.6) is 0 Å². The van der Waals surface area contributed by atoms with E-state index >= 15 is 0 Å². The van der Waals surface area contributed by atoms with Crippen LogP contribution in [-0.4, -0.2) is 51.9 Å². The van der Waals surface area contributed by atoms with Gasteiger partial charge in [-0.05, 0) is 36.8 Å². The zero-order chi connectivity index (χ0) is 18.6. The first kappa shape index (κ1) is 18.1. The number of fused-ring (bicyclic) bond motifs is 1. The molecule has 2 saturated heterocycles. The van der Waals surface area contributed by atoms with Gasteiger partial charge in [0.2, 0.25) is 5.91 Å². The van der Waals surface area contributed by atoms with Crippen LogP contribution in [0, 0.1) is 17.8 Å². The predicted molar refractivity (Wildman–Crippen MR) is 102 cm³/mol. The quantitative estimate of drug-likeness (QED) is 0.843. The summed E-state index contributed by atoms with van der Waals surface area (Å²) in [6, 6.07) is 3.68. The maximum Gasteiger partial charge on any atom is 0.224 e. The number of hydrogen-bond acceptors (Lipinski definition) is 5. The molecular formula is C20H27N5O2. The van der Waals surface area contributed by atoms with E-state index in [0.717, 1.165) is 38.5 Å². The molecule has 4 rings (SSSR count). The summed E-state index contributed by atoms with van der Waals surface area (Å²) in [4.78, 5) is 19.0. The normalized spacial score (nSPS) is 25.3. The number of aromatic nitrogens is 3. The third-order valence-electron chi connectivity index (χ3n) is 5.65. The molecule has 0 radical (unpaired) electrons. The third kappa shape index (κ3) is 4.36. The summed E-state index contributed by atoms with van der Waals surface area (Å²) in [6.45, 7) is 7.44. The van der Waals surface area contributed by atoms with Gasteiger partial charge in [-0.1, -0.05) is 0 Å². The first-order valence-electron chi connectivity index (χ1n) is 9.72. The number of nitrogens with one attached hydrogen (secondary N) is 1. The number of carbonyl (C=O) groups excluding carboxylic acids is 1. The lowest BCUT2D eigenvalue weighted by Crippen LogP contribution is -2.37. The smallest absolute Gasteiger partial charge is 0.224 e. The predicted octanol–water partition coefficient (Wildman–Crippen LogP) is 2.02. The van der Waals surface area contributed by atoms with Crippen molar-refractivity contribution in [1.29, 1.82) is 0 Å². The topological polar surface area (TPSA) is 72.3 Å². The number of nitrogens with zero attached hydrogens (tertiary/aromatic N) is 4. The second kappa shape index (κ2) is 8.19. The van der Waals surface area contributed by atoms with Gasteiger partial charge in [-0.3, -0.25) is 19.4 Å². The first-order valence-corrected chi connectivity index (χ1v) is 9.72. The van der Waals surface area contributed by atoms with Crippen LogP contribution in [0.15, 0.2) is 36.9 Å². The van der Waals surface area contributed by atoms with Crippen molar-refractivity contribution in [3.63, 3.8) is 0 Å². The Labute approximate surface area is 159 Å². The minimum absolute atomic E-state index is 0.0416. The molecule has 7 heteroatoms. The lowest BCUT2D eigenvalue weighted by Gasteiger charge is -2.32. The van der Waals surface area contributed by atoms with Gasteiger partial charge in [-0.2, -0.15) is 5.10 Å². The SMILES string of the molecule is CCn1cc(CN2C[C@@H]3COC[C@@H](CC(=O)Nc4cccnc4)[C@@H]3C2)cn1. The number of amides is 1. The third-order valence-corrected chi connectivity index (χ3v) is 5.65. The molecule has 0 saturated carbocycles. The van der Waals surface area contributed by atoms with Crippen LogP contribution in [0.4, 0.5) is 5.69 Å². The first-order chi connectivity index (χ1) is 13.2. The summed E-state index contributed by atoms with van der Waals surface area (Å²) in [5.41, 5.74) is 2.00. The fourth-order valence-electron chi connectivity index (χ4n) is 4.34. The van der Waals surface area contributed by atoms with Gasteiger partial charge in [0.1, 0.15) is 0 Å². The van der Waals surface area contributed by atoms with E-state index in [1.54, 1.807) is 12.4 Å². The van der Waals surface area contributed by atoms with Crippen LogP contribution >= 0.6 is 0 Å². The molecule has 2 aliphatic rings. The fourth-order valence-corrected chi connectivity index (χ4v) is 4.34. The molecule has 2 aliphatic heterocycles. The molecule has 2 fully saturated rings. The molecule has 27 heavy (non-hydrogen) atoms. The van der Waals surface area contributed by atoms with E-state index in [2.05, 4.69) is 33.4 Å². The van der Waals surface area contributed by atoms with Crippen LogP contribution < -0.4 is 5.32 Å². The van der Waals surface area contributed by atoms with Crippen LogP contribution in [-0.2, 0) is 22.6 Å². The highest BCUT2D eigenvalue weighted by atomic mass is 16.5. The highest BCUT2D eigenvalue weighted by molar-refractivity contribution is 5.90. The zero-order valence-electron chi connectivity index (χ0n) is 15.8. The highest BCUT2D eigenvalue weighted by Crippen LogP contribution is 2.36. The van der Waals surface area contributed by atoms with Gasteiger partial charge in [0.05, 0.1) is 31.3 Å². The molecule has 1 amide bonds. The largest absolute Gasteiger partial charge is 0.381 e. The summed E-state index contributed by atoms with van der Waals surface area (Å²) in [5.74, 6) is 1.33. The lowest BCUT2D eigenvalue weighted by atomic mass is 9.81. The van der Waals surface area contributed by atoms with E-state index in [9.17, 15) is 4.79 Å². The Morgan fingerprint density at radius 3 is 3.04 bits per heavy atom. The van der Waals surface area contributed by atoms with Crippen molar-refractivity contribution >= 4 is 11.6 Å². The summed E-state index contributed by atoms with van der Waals surface area (Å²) < 4.78 is 7.80. The summed E-state index contributed by atoms with van der Waals surface area (Å²) in [5, 5.41) is 7.32. The van der Waals surface area contributed by atoms with E-state index in [-0.39, 0.29) is 11.8 Å². The van der Waals surface area contributed by atoms with Crippen molar-refractivity contribution in [2.45, 2.75) is 26.4 Å².